The Morgan fingerprint density at radius 2 is 0.903 bits per heavy atom. The molecule has 0 amide bonds. The highest BCUT2D eigenvalue weighted by Gasteiger charge is 2.39. The zero-order chi connectivity index (χ0) is 43.1. The van der Waals surface area contributed by atoms with Crippen molar-refractivity contribution in [1.29, 1.82) is 0 Å². The van der Waals surface area contributed by atoms with Crippen molar-refractivity contribution >= 4 is 49.3 Å². The maximum atomic E-state index is 14.9. The Kier molecular flexibility index (Phi) is 8.89. The van der Waals surface area contributed by atoms with Gasteiger partial charge in [0.1, 0.15) is 0 Å². The summed E-state index contributed by atoms with van der Waals surface area (Å²) in [5.41, 5.74) is 6.49. The summed E-state index contributed by atoms with van der Waals surface area (Å²) in [6, 6.07) is 48.9. The van der Waals surface area contributed by atoms with Crippen LogP contribution in [0.1, 0.15) is 22.3 Å². The number of benzene rings is 8. The molecule has 0 fully saturated rings. The van der Waals surface area contributed by atoms with Gasteiger partial charge in [-0.15, -0.1) is 0 Å². The van der Waals surface area contributed by atoms with Crippen LogP contribution in [0.5, 0.6) is 0 Å². The van der Waals surface area contributed by atoms with Crippen molar-refractivity contribution in [3.05, 3.63) is 197 Å². The van der Waals surface area contributed by atoms with Gasteiger partial charge in [0.2, 0.25) is 0 Å². The van der Waals surface area contributed by atoms with E-state index in [1.54, 1.807) is 6.07 Å². The van der Waals surface area contributed by atoms with Gasteiger partial charge >= 0.3 is 12.4 Å². The molecule has 8 aromatic carbocycles. The zero-order valence-corrected chi connectivity index (χ0v) is 33.2. The second-order valence-electron chi connectivity index (χ2n) is 15.6. The van der Waals surface area contributed by atoms with Gasteiger partial charge in [-0.05, 0) is 108 Å². The number of halogens is 6. The first kappa shape index (κ1) is 38.6. The summed E-state index contributed by atoms with van der Waals surface area (Å²) in [7, 11) is 0. The molecule has 0 unspecified atom stereocenters. The van der Waals surface area contributed by atoms with Gasteiger partial charge < -0.3 is 9.13 Å². The van der Waals surface area contributed by atoms with Gasteiger partial charge in [0.05, 0.1) is 51.1 Å². The average molecular weight is 826 g/mol. The molecule has 10 rings (SSSR count). The molecule has 0 aliphatic heterocycles. The molecule has 0 atom stereocenters. The quantitative estimate of drug-likeness (QED) is 0.121. The average Bonchev–Trinajstić information content (AvgIpc) is 3.77. The Morgan fingerprint density at radius 3 is 1.39 bits per heavy atom. The van der Waals surface area contributed by atoms with E-state index >= 15 is 0 Å². The molecule has 0 saturated carbocycles. The van der Waals surface area contributed by atoms with Crippen molar-refractivity contribution in [1.82, 2.24) is 9.13 Å². The van der Waals surface area contributed by atoms with E-state index < -0.39 is 29.0 Å². The van der Waals surface area contributed by atoms with Crippen LogP contribution in [0.2, 0.25) is 0 Å². The third kappa shape index (κ3) is 6.38. The van der Waals surface area contributed by atoms with Crippen LogP contribution in [0.25, 0.3) is 93.2 Å². The number of alkyl halides is 6. The molecule has 0 aliphatic rings. The minimum absolute atomic E-state index is 0.128. The number of aryl methyl sites for hydroxylation is 2. The monoisotopic (exact) mass is 825 g/mol. The van der Waals surface area contributed by atoms with Crippen LogP contribution in [0.4, 0.5) is 32.0 Å². The van der Waals surface area contributed by atoms with Gasteiger partial charge in [0, 0.05) is 21.5 Å². The smallest absolute Gasteiger partial charge is 0.308 e. The van der Waals surface area contributed by atoms with Crippen LogP contribution in [0, 0.1) is 20.4 Å². The number of fused-ring (bicyclic) bond motifs is 6. The van der Waals surface area contributed by atoms with Crippen molar-refractivity contribution in [2.24, 2.45) is 0 Å². The fraction of sp³-hybridized carbons (Fsp3) is 0.0755. The highest BCUT2D eigenvalue weighted by atomic mass is 19.4. The van der Waals surface area contributed by atoms with E-state index in [2.05, 4.69) is 35.2 Å². The van der Waals surface area contributed by atoms with Gasteiger partial charge in [0.15, 0.2) is 5.69 Å². The van der Waals surface area contributed by atoms with E-state index in [1.165, 1.54) is 6.07 Å². The highest BCUT2D eigenvalue weighted by Crippen LogP contribution is 2.48. The Hall–Kier alpha value is -7.57. The second-order valence-corrected chi connectivity index (χ2v) is 15.6. The summed E-state index contributed by atoms with van der Waals surface area (Å²) in [6.07, 6.45) is -10.2. The molecule has 3 nitrogen and oxygen atoms in total. The lowest BCUT2D eigenvalue weighted by molar-refractivity contribution is -0.142. The molecule has 0 bridgehead atoms. The summed E-state index contributed by atoms with van der Waals surface area (Å²) in [6.45, 7) is 12.4. The Bertz CT molecular complexity index is 3490. The first-order valence-electron chi connectivity index (χ1n) is 19.8. The van der Waals surface area contributed by atoms with Gasteiger partial charge in [-0.3, -0.25) is 0 Å². The third-order valence-electron chi connectivity index (χ3n) is 11.7. The number of nitrogens with zero attached hydrogens (tertiary/aromatic N) is 3. The molecule has 0 N–H and O–H groups in total. The first-order valence-corrected chi connectivity index (χ1v) is 19.8. The van der Waals surface area contributed by atoms with E-state index in [0.29, 0.717) is 17.4 Å². The van der Waals surface area contributed by atoms with Gasteiger partial charge in [-0.2, -0.15) is 26.3 Å². The van der Waals surface area contributed by atoms with E-state index in [-0.39, 0.29) is 17.3 Å². The maximum Gasteiger partial charge on any atom is 0.416 e. The summed E-state index contributed by atoms with van der Waals surface area (Å²) in [5, 5.41) is 3.61. The van der Waals surface area contributed by atoms with Crippen LogP contribution in [0.15, 0.2) is 164 Å². The fourth-order valence-corrected chi connectivity index (χ4v) is 8.90. The minimum atomic E-state index is -5.17. The summed E-state index contributed by atoms with van der Waals surface area (Å²) in [4.78, 5) is 3.77. The predicted octanol–water partition coefficient (Wildman–Crippen LogP) is 16.1. The lowest BCUT2D eigenvalue weighted by atomic mass is 9.94. The largest absolute Gasteiger partial charge is 0.416 e. The van der Waals surface area contributed by atoms with E-state index in [9.17, 15) is 26.3 Å². The Labute approximate surface area is 352 Å². The van der Waals surface area contributed by atoms with Crippen molar-refractivity contribution < 1.29 is 26.3 Å². The van der Waals surface area contributed by atoms with Crippen molar-refractivity contribution in [3.8, 4) is 44.8 Å². The molecule has 10 aromatic rings. The topological polar surface area (TPSA) is 14.2 Å². The van der Waals surface area contributed by atoms with Crippen LogP contribution in [0.3, 0.4) is 0 Å². The minimum Gasteiger partial charge on any atom is -0.308 e. The van der Waals surface area contributed by atoms with E-state index in [4.69, 9.17) is 6.57 Å². The molecule has 2 aromatic heterocycles. The lowest BCUT2D eigenvalue weighted by Crippen LogP contribution is -2.12. The number of rotatable bonds is 5. The van der Waals surface area contributed by atoms with Crippen molar-refractivity contribution in [2.45, 2.75) is 26.2 Å². The SMILES string of the molecule is [C-]#[N+]c1cc(-n2c3ccccc3c3cc(-c4cccc(C)c4)ccc32)c(-n2c3ccccc3c3cc(-c4cccc(C)c4)ccc32)cc1-c1ccc(C(F)(F)F)cc1C(F)(F)F. The van der Waals surface area contributed by atoms with Crippen LogP contribution < -0.4 is 0 Å². The summed E-state index contributed by atoms with van der Waals surface area (Å²) in [5.74, 6) is 0. The van der Waals surface area contributed by atoms with Gasteiger partial charge in [0.25, 0.3) is 0 Å². The summed E-state index contributed by atoms with van der Waals surface area (Å²) >= 11 is 0. The molecule has 302 valence electrons. The zero-order valence-electron chi connectivity index (χ0n) is 33.2. The molecule has 0 spiro atoms. The standard InChI is InChI=1S/C53H33F6N3/c1-31-10-8-12-33(24-31)35-18-22-48-42(26-35)39-14-4-6-16-46(39)61(48)50-29-41(38-21-20-37(52(54,55)56)28-44(38)53(57,58)59)45(60-3)30-51(50)62-47-17-7-5-15-40(47)43-27-36(19-23-49(43)62)34-13-9-11-32(2)25-34/h4-30H,1-2H3. The number of hydrogen-bond acceptors (Lipinski definition) is 0. The van der Waals surface area contributed by atoms with Gasteiger partial charge in [-0.1, -0.05) is 114 Å². The molecule has 9 heteroatoms. The Morgan fingerprint density at radius 1 is 0.419 bits per heavy atom. The van der Waals surface area contributed by atoms with Crippen LogP contribution in [-0.2, 0) is 12.4 Å². The number of hydrogen-bond donors (Lipinski definition) is 0. The maximum absolute atomic E-state index is 14.9. The molecule has 2 heterocycles. The van der Waals surface area contributed by atoms with Crippen molar-refractivity contribution in [3.63, 3.8) is 0 Å². The number of para-hydroxylation sites is 2. The highest BCUT2D eigenvalue weighted by molar-refractivity contribution is 6.13. The first-order chi connectivity index (χ1) is 29.8. The fourth-order valence-electron chi connectivity index (χ4n) is 8.90. The van der Waals surface area contributed by atoms with Gasteiger partial charge in [-0.25, -0.2) is 4.85 Å². The normalized spacial score (nSPS) is 12.2. The predicted molar refractivity (Wildman–Crippen MR) is 237 cm³/mol. The van der Waals surface area contributed by atoms with Crippen molar-refractivity contribution in [2.75, 3.05) is 0 Å². The van der Waals surface area contributed by atoms with Crippen LogP contribution >= 0.6 is 0 Å². The molecule has 0 radical (unpaired) electrons. The second kappa shape index (κ2) is 14.3. The summed E-state index contributed by atoms with van der Waals surface area (Å²) < 4.78 is 90.5. The molecular weight excluding hydrogens is 793 g/mol. The van der Waals surface area contributed by atoms with Crippen LogP contribution in [-0.4, -0.2) is 9.13 Å². The lowest BCUT2D eigenvalue weighted by Gasteiger charge is -2.21. The molecular formula is C53H33F6N3. The van der Waals surface area contributed by atoms with E-state index in [1.807, 2.05) is 126 Å². The van der Waals surface area contributed by atoms with E-state index in [0.717, 1.165) is 83.1 Å². The molecule has 62 heavy (non-hydrogen) atoms. The molecule has 0 saturated heterocycles. The Balaban J connectivity index is 1.33. The number of aromatic nitrogens is 2. The third-order valence-corrected chi connectivity index (χ3v) is 11.7. The molecule has 0 aliphatic carbocycles.